The Kier molecular flexibility index (Phi) is 5.75. The molecule has 8 heteroatoms. The van der Waals surface area contributed by atoms with Gasteiger partial charge in [0.05, 0.1) is 0 Å². The summed E-state index contributed by atoms with van der Waals surface area (Å²) in [5, 5.41) is 6.13. The number of alkyl halides is 3. The highest BCUT2D eigenvalue weighted by atomic mass is 32.1. The lowest BCUT2D eigenvalue weighted by atomic mass is 10.2. The van der Waals surface area contributed by atoms with E-state index >= 15 is 0 Å². The summed E-state index contributed by atoms with van der Waals surface area (Å²) >= 11 is 5.10. The molecule has 0 aliphatic rings. The molecule has 0 amide bonds. The van der Waals surface area contributed by atoms with Crippen molar-refractivity contribution in [1.29, 1.82) is 0 Å². The van der Waals surface area contributed by atoms with Crippen molar-refractivity contribution >= 4 is 17.3 Å². The SMILES string of the molecule is FC(F)(F)Oc1ccccc1CNC(=S)NCc1cccnc1. The fraction of sp³-hybridized carbons (Fsp3) is 0.200. The van der Waals surface area contributed by atoms with Crippen LogP contribution in [0.4, 0.5) is 13.2 Å². The average molecular weight is 341 g/mol. The van der Waals surface area contributed by atoms with Crippen LogP contribution in [0.25, 0.3) is 0 Å². The van der Waals surface area contributed by atoms with Crippen molar-refractivity contribution < 1.29 is 17.9 Å². The first kappa shape index (κ1) is 17.0. The monoisotopic (exact) mass is 341 g/mol. The molecule has 2 aromatic rings. The minimum absolute atomic E-state index is 0.116. The molecule has 0 saturated heterocycles. The molecule has 0 fully saturated rings. The van der Waals surface area contributed by atoms with Crippen LogP contribution in [0.15, 0.2) is 48.8 Å². The number of pyridine rings is 1. The molecule has 0 unspecified atom stereocenters. The summed E-state index contributed by atoms with van der Waals surface area (Å²) in [7, 11) is 0. The molecule has 0 aliphatic carbocycles. The number of aromatic nitrogens is 1. The summed E-state index contributed by atoms with van der Waals surface area (Å²) in [6.07, 6.45) is -1.37. The zero-order valence-electron chi connectivity index (χ0n) is 11.9. The molecule has 0 aliphatic heterocycles. The lowest BCUT2D eigenvalue weighted by molar-refractivity contribution is -0.274. The molecular formula is C15H14F3N3OS. The van der Waals surface area contributed by atoms with Crippen LogP contribution in [0.5, 0.6) is 5.75 Å². The number of nitrogens with one attached hydrogen (secondary N) is 2. The predicted octanol–water partition coefficient (Wildman–Crippen LogP) is 3.14. The van der Waals surface area contributed by atoms with Crippen LogP contribution in [0.2, 0.25) is 0 Å². The van der Waals surface area contributed by atoms with E-state index < -0.39 is 6.36 Å². The van der Waals surface area contributed by atoms with Gasteiger partial charge in [-0.25, -0.2) is 0 Å². The number of hydrogen-bond acceptors (Lipinski definition) is 3. The Morgan fingerprint density at radius 2 is 1.83 bits per heavy atom. The van der Waals surface area contributed by atoms with Gasteiger partial charge in [-0.2, -0.15) is 0 Å². The Morgan fingerprint density at radius 3 is 2.52 bits per heavy atom. The highest BCUT2D eigenvalue weighted by molar-refractivity contribution is 7.80. The molecular weight excluding hydrogens is 327 g/mol. The lowest BCUT2D eigenvalue weighted by Crippen LogP contribution is -2.34. The third-order valence-corrected chi connectivity index (χ3v) is 3.10. The van der Waals surface area contributed by atoms with Crippen LogP contribution < -0.4 is 15.4 Å². The van der Waals surface area contributed by atoms with E-state index in [9.17, 15) is 13.2 Å². The number of rotatable bonds is 5. The molecule has 2 rings (SSSR count). The standard InChI is InChI=1S/C15H14F3N3OS/c16-15(17,18)22-13-6-2-1-5-12(13)10-21-14(23)20-9-11-4-3-7-19-8-11/h1-8H,9-10H2,(H2,20,21,23). The molecule has 0 atom stereocenters. The van der Waals surface area contributed by atoms with Crippen LogP contribution in [0.3, 0.4) is 0 Å². The Morgan fingerprint density at radius 1 is 1.09 bits per heavy atom. The molecule has 0 saturated carbocycles. The maximum absolute atomic E-state index is 12.3. The zero-order chi connectivity index (χ0) is 16.7. The number of para-hydroxylation sites is 1. The Balaban J connectivity index is 1.87. The highest BCUT2D eigenvalue weighted by Crippen LogP contribution is 2.25. The minimum atomic E-state index is -4.73. The number of benzene rings is 1. The van der Waals surface area contributed by atoms with Crippen molar-refractivity contribution in [1.82, 2.24) is 15.6 Å². The number of hydrogen-bond donors (Lipinski definition) is 2. The maximum atomic E-state index is 12.3. The van der Waals surface area contributed by atoms with E-state index in [0.29, 0.717) is 17.2 Å². The van der Waals surface area contributed by atoms with Crippen LogP contribution in [-0.2, 0) is 13.1 Å². The van der Waals surface area contributed by atoms with Gasteiger partial charge in [0.2, 0.25) is 0 Å². The summed E-state index contributed by atoms with van der Waals surface area (Å²) in [5.41, 5.74) is 1.30. The summed E-state index contributed by atoms with van der Waals surface area (Å²) in [6.45, 7) is 0.589. The van der Waals surface area contributed by atoms with Crippen LogP contribution in [0.1, 0.15) is 11.1 Å². The number of nitrogens with zero attached hydrogens (tertiary/aromatic N) is 1. The van der Waals surface area contributed by atoms with E-state index in [0.717, 1.165) is 5.56 Å². The van der Waals surface area contributed by atoms with Crippen molar-refractivity contribution in [2.24, 2.45) is 0 Å². The molecule has 0 radical (unpaired) electrons. The lowest BCUT2D eigenvalue weighted by Gasteiger charge is -2.15. The van der Waals surface area contributed by atoms with Gasteiger partial charge in [-0.15, -0.1) is 13.2 Å². The third kappa shape index (κ3) is 6.11. The maximum Gasteiger partial charge on any atom is 0.573 e. The molecule has 0 spiro atoms. The van der Waals surface area contributed by atoms with Gasteiger partial charge in [-0.1, -0.05) is 24.3 Å². The minimum Gasteiger partial charge on any atom is -0.405 e. The smallest absolute Gasteiger partial charge is 0.405 e. The summed E-state index contributed by atoms with van der Waals surface area (Å²) < 4.78 is 41.0. The van der Waals surface area contributed by atoms with E-state index in [-0.39, 0.29) is 12.3 Å². The molecule has 1 aromatic heterocycles. The Bertz CT molecular complexity index is 650. The second kappa shape index (κ2) is 7.77. The van der Waals surface area contributed by atoms with Crippen LogP contribution in [0, 0.1) is 0 Å². The molecule has 1 heterocycles. The van der Waals surface area contributed by atoms with E-state index in [4.69, 9.17) is 12.2 Å². The van der Waals surface area contributed by atoms with E-state index in [1.54, 1.807) is 24.5 Å². The van der Waals surface area contributed by atoms with Crippen molar-refractivity contribution in [3.05, 3.63) is 59.9 Å². The first-order chi connectivity index (χ1) is 10.9. The number of ether oxygens (including phenoxy) is 1. The van der Waals surface area contributed by atoms with E-state index in [1.165, 1.54) is 18.2 Å². The summed E-state index contributed by atoms with van der Waals surface area (Å²) in [4.78, 5) is 3.98. The second-order valence-corrected chi connectivity index (χ2v) is 4.96. The molecule has 1 aromatic carbocycles. The predicted molar refractivity (Wildman–Crippen MR) is 83.6 cm³/mol. The largest absolute Gasteiger partial charge is 0.573 e. The van der Waals surface area contributed by atoms with Crippen molar-refractivity contribution in [2.45, 2.75) is 19.5 Å². The highest BCUT2D eigenvalue weighted by Gasteiger charge is 2.31. The fourth-order valence-corrected chi connectivity index (χ4v) is 1.94. The van der Waals surface area contributed by atoms with Crippen molar-refractivity contribution in [3.63, 3.8) is 0 Å². The van der Waals surface area contributed by atoms with Gasteiger partial charge in [-0.05, 0) is 29.9 Å². The van der Waals surface area contributed by atoms with Gasteiger partial charge in [0.15, 0.2) is 5.11 Å². The van der Waals surface area contributed by atoms with Gasteiger partial charge >= 0.3 is 6.36 Å². The van der Waals surface area contributed by atoms with Crippen molar-refractivity contribution in [3.8, 4) is 5.75 Å². The van der Waals surface area contributed by atoms with Gasteiger partial charge in [0.25, 0.3) is 0 Å². The molecule has 4 nitrogen and oxygen atoms in total. The molecule has 0 bridgehead atoms. The summed E-state index contributed by atoms with van der Waals surface area (Å²) in [5.74, 6) is -0.248. The molecule has 2 N–H and O–H groups in total. The fourth-order valence-electron chi connectivity index (χ4n) is 1.80. The quantitative estimate of drug-likeness (QED) is 0.818. The van der Waals surface area contributed by atoms with Crippen LogP contribution in [-0.4, -0.2) is 16.5 Å². The van der Waals surface area contributed by atoms with Gasteiger partial charge in [0.1, 0.15) is 5.75 Å². The van der Waals surface area contributed by atoms with Gasteiger partial charge < -0.3 is 15.4 Å². The van der Waals surface area contributed by atoms with Gasteiger partial charge in [0, 0.05) is 31.0 Å². The second-order valence-electron chi connectivity index (χ2n) is 4.55. The first-order valence-corrected chi connectivity index (χ1v) is 7.09. The summed E-state index contributed by atoms with van der Waals surface area (Å²) in [6, 6.07) is 9.59. The third-order valence-electron chi connectivity index (χ3n) is 2.81. The Hall–Kier alpha value is -2.35. The molecule has 23 heavy (non-hydrogen) atoms. The first-order valence-electron chi connectivity index (χ1n) is 6.68. The normalized spacial score (nSPS) is 10.9. The zero-order valence-corrected chi connectivity index (χ0v) is 12.7. The topological polar surface area (TPSA) is 46.2 Å². The molecule has 122 valence electrons. The average Bonchev–Trinajstić information content (AvgIpc) is 2.51. The van der Waals surface area contributed by atoms with Gasteiger partial charge in [-0.3, -0.25) is 4.98 Å². The van der Waals surface area contributed by atoms with Crippen LogP contribution >= 0.6 is 12.2 Å². The van der Waals surface area contributed by atoms with E-state index in [2.05, 4.69) is 20.4 Å². The van der Waals surface area contributed by atoms with E-state index in [1.807, 2.05) is 6.07 Å². The number of thiocarbonyl (C=S) groups is 1. The van der Waals surface area contributed by atoms with Crippen molar-refractivity contribution in [2.75, 3.05) is 0 Å². The number of halogens is 3. The Labute approximate surface area is 136 Å².